The van der Waals surface area contributed by atoms with Crippen LogP contribution in [0, 0.1) is 5.82 Å². The zero-order valence-electron chi connectivity index (χ0n) is 22.1. The van der Waals surface area contributed by atoms with E-state index < -0.39 is 6.04 Å². The maximum atomic E-state index is 13.6. The second-order valence-electron chi connectivity index (χ2n) is 10.7. The van der Waals surface area contributed by atoms with Gasteiger partial charge in [-0.05, 0) is 68.7 Å². The van der Waals surface area contributed by atoms with Crippen molar-refractivity contribution in [2.45, 2.75) is 37.3 Å². The zero-order chi connectivity index (χ0) is 28.0. The summed E-state index contributed by atoms with van der Waals surface area (Å²) in [5.41, 5.74) is 2.22. The largest absolute Gasteiger partial charge is 0.394 e. The summed E-state index contributed by atoms with van der Waals surface area (Å²) in [6.07, 6.45) is 4.54. The van der Waals surface area contributed by atoms with Gasteiger partial charge in [0.1, 0.15) is 23.0 Å². The lowest BCUT2D eigenvalue weighted by Crippen LogP contribution is -2.51. The van der Waals surface area contributed by atoms with Crippen molar-refractivity contribution in [1.29, 1.82) is 0 Å². The maximum Gasteiger partial charge on any atom is 0.263 e. The van der Waals surface area contributed by atoms with Gasteiger partial charge in [0, 0.05) is 11.6 Å². The van der Waals surface area contributed by atoms with Crippen molar-refractivity contribution in [3.05, 3.63) is 71.1 Å². The van der Waals surface area contributed by atoms with Crippen molar-refractivity contribution >= 4 is 23.5 Å². The smallest absolute Gasteiger partial charge is 0.263 e. The minimum absolute atomic E-state index is 0.0936. The Hall–Kier alpha value is -4.49. The van der Waals surface area contributed by atoms with E-state index in [0.29, 0.717) is 46.4 Å². The highest BCUT2D eigenvalue weighted by molar-refractivity contribution is 5.97. The third kappa shape index (κ3) is 4.76. The van der Waals surface area contributed by atoms with E-state index >= 15 is 0 Å². The van der Waals surface area contributed by atoms with Crippen molar-refractivity contribution < 1.29 is 18.8 Å². The molecule has 2 bridgehead atoms. The topological polar surface area (TPSA) is 154 Å². The van der Waals surface area contributed by atoms with Crippen LogP contribution in [0.4, 0.5) is 22.0 Å². The molecule has 7 heterocycles. The molecule has 41 heavy (non-hydrogen) atoms. The summed E-state index contributed by atoms with van der Waals surface area (Å²) in [6, 6.07) is 8.67. The molecule has 4 N–H and O–H groups in total. The number of nitrogens with one attached hydrogen (secondary N) is 3. The number of aromatic nitrogens is 5. The molecule has 4 aliphatic heterocycles. The molecule has 3 fully saturated rings. The summed E-state index contributed by atoms with van der Waals surface area (Å²) in [4.78, 5) is 32.8. The van der Waals surface area contributed by atoms with Crippen molar-refractivity contribution in [2.24, 2.45) is 0 Å². The van der Waals surface area contributed by atoms with Gasteiger partial charge in [-0.25, -0.2) is 14.4 Å². The molecule has 0 spiro atoms. The van der Waals surface area contributed by atoms with E-state index in [4.69, 9.17) is 9.51 Å². The van der Waals surface area contributed by atoms with Crippen LogP contribution in [0.5, 0.6) is 0 Å². The number of pyridine rings is 1. The first-order chi connectivity index (χ1) is 20.0. The Labute approximate surface area is 234 Å². The molecule has 0 saturated carbocycles. The van der Waals surface area contributed by atoms with Crippen LogP contribution in [0.2, 0.25) is 0 Å². The van der Waals surface area contributed by atoms with Gasteiger partial charge in [0.2, 0.25) is 5.95 Å². The van der Waals surface area contributed by atoms with Gasteiger partial charge < -0.3 is 30.5 Å². The Morgan fingerprint density at radius 1 is 1.05 bits per heavy atom. The van der Waals surface area contributed by atoms with Crippen LogP contribution >= 0.6 is 0 Å². The van der Waals surface area contributed by atoms with Crippen molar-refractivity contribution in [1.82, 2.24) is 35.3 Å². The van der Waals surface area contributed by atoms with E-state index in [0.717, 1.165) is 38.9 Å². The summed E-state index contributed by atoms with van der Waals surface area (Å²) in [6.45, 7) is 3.15. The summed E-state index contributed by atoms with van der Waals surface area (Å²) in [5, 5.41) is 23.7. The number of rotatable bonds is 8. The van der Waals surface area contributed by atoms with Gasteiger partial charge in [-0.1, -0.05) is 17.3 Å². The van der Waals surface area contributed by atoms with Gasteiger partial charge in [-0.3, -0.25) is 4.79 Å². The number of aliphatic hydroxyl groups excluding tert-OH is 1. The number of anilines is 3. The summed E-state index contributed by atoms with van der Waals surface area (Å²) in [7, 11) is 0. The molecule has 8 rings (SSSR count). The number of fused-ring (bicyclic) bond motifs is 4. The van der Waals surface area contributed by atoms with Crippen molar-refractivity contribution in [2.75, 3.05) is 36.9 Å². The first kappa shape index (κ1) is 25.5. The van der Waals surface area contributed by atoms with E-state index in [1.165, 1.54) is 12.1 Å². The van der Waals surface area contributed by atoms with Crippen molar-refractivity contribution in [3.63, 3.8) is 0 Å². The number of carbonyl (C=O) groups excluding carboxylic acids is 1. The van der Waals surface area contributed by atoms with E-state index in [1.807, 2.05) is 0 Å². The molecular weight excluding hydrogens is 529 g/mol. The molecule has 0 unspecified atom stereocenters. The van der Waals surface area contributed by atoms with Gasteiger partial charge in [0.05, 0.1) is 30.5 Å². The Kier molecular flexibility index (Phi) is 6.31. The average Bonchev–Trinajstić information content (AvgIpc) is 3.65. The second-order valence-corrected chi connectivity index (χ2v) is 10.7. The lowest BCUT2D eigenvalue weighted by Gasteiger charge is -2.46. The van der Waals surface area contributed by atoms with Gasteiger partial charge in [-0.15, -0.1) is 0 Å². The predicted octanol–water partition coefficient (Wildman–Crippen LogP) is 2.93. The highest BCUT2D eigenvalue weighted by Gasteiger charge is 2.44. The van der Waals surface area contributed by atoms with Crippen molar-refractivity contribution in [3.8, 4) is 11.5 Å². The molecule has 12 nitrogen and oxygen atoms in total. The number of nitrogens with zero attached hydrogens (tertiary/aromatic N) is 6. The monoisotopic (exact) mass is 557 g/mol. The Bertz CT molecular complexity index is 1590. The number of amides is 1. The van der Waals surface area contributed by atoms with E-state index in [9.17, 15) is 14.3 Å². The first-order valence-electron chi connectivity index (χ1n) is 13.6. The van der Waals surface area contributed by atoms with Gasteiger partial charge in [0.15, 0.2) is 5.82 Å². The molecule has 13 heteroatoms. The third-order valence-electron chi connectivity index (χ3n) is 8.28. The highest BCUT2D eigenvalue weighted by Crippen LogP contribution is 2.42. The molecule has 1 aromatic carbocycles. The lowest BCUT2D eigenvalue weighted by atomic mass is 9.71. The van der Waals surface area contributed by atoms with Gasteiger partial charge in [0.25, 0.3) is 11.8 Å². The van der Waals surface area contributed by atoms with Crippen LogP contribution in [0.3, 0.4) is 0 Å². The van der Waals surface area contributed by atoms with Gasteiger partial charge >= 0.3 is 0 Å². The molecule has 3 aromatic heterocycles. The molecule has 4 aliphatic rings. The number of carbonyl (C=O) groups is 1. The molecule has 1 atom stereocenters. The molecular formula is C28H28FN9O3. The summed E-state index contributed by atoms with van der Waals surface area (Å²) >= 11 is 0. The fourth-order valence-electron chi connectivity index (χ4n) is 5.80. The molecule has 0 radical (unpaired) electrons. The number of hydrogen-bond donors (Lipinski definition) is 4. The Morgan fingerprint density at radius 3 is 2.59 bits per heavy atom. The van der Waals surface area contributed by atoms with Crippen LogP contribution in [-0.2, 0) is 12.0 Å². The zero-order valence-corrected chi connectivity index (χ0v) is 22.1. The number of hydrogen-bond acceptors (Lipinski definition) is 11. The van der Waals surface area contributed by atoms with Crippen LogP contribution in [0.1, 0.15) is 52.7 Å². The average molecular weight is 558 g/mol. The van der Waals surface area contributed by atoms with E-state index in [1.54, 1.807) is 30.5 Å². The number of piperidine rings is 3. The number of halogens is 1. The Morgan fingerprint density at radius 2 is 1.83 bits per heavy atom. The Balaban J connectivity index is 1.23. The maximum absolute atomic E-state index is 13.6. The third-order valence-corrected chi connectivity index (χ3v) is 8.28. The molecule has 3 saturated heterocycles. The minimum atomic E-state index is -0.601. The first-order valence-corrected chi connectivity index (χ1v) is 13.6. The fraction of sp³-hybridized carbons (Fsp3) is 0.357. The number of benzene rings is 1. The molecule has 210 valence electrons. The highest BCUT2D eigenvalue weighted by atomic mass is 19.1. The van der Waals surface area contributed by atoms with Crippen LogP contribution < -0.4 is 16.0 Å². The van der Waals surface area contributed by atoms with Crippen LogP contribution in [0.15, 0.2) is 47.1 Å². The van der Waals surface area contributed by atoms with Crippen LogP contribution in [0.25, 0.3) is 11.5 Å². The predicted molar refractivity (Wildman–Crippen MR) is 146 cm³/mol. The normalized spacial score (nSPS) is 21.8. The van der Waals surface area contributed by atoms with E-state index in [2.05, 4.69) is 41.0 Å². The molecule has 4 aromatic rings. The molecule has 1 amide bonds. The van der Waals surface area contributed by atoms with E-state index in [-0.39, 0.29) is 35.6 Å². The molecule has 0 aliphatic carbocycles. The quantitative estimate of drug-likeness (QED) is 0.253. The summed E-state index contributed by atoms with van der Waals surface area (Å²) < 4.78 is 19.3. The fourth-order valence-corrected chi connectivity index (χ4v) is 5.80. The van der Waals surface area contributed by atoms with Gasteiger partial charge in [-0.2, -0.15) is 9.97 Å². The minimum Gasteiger partial charge on any atom is -0.394 e. The lowest BCUT2D eigenvalue weighted by molar-refractivity contribution is 0.0747. The van der Waals surface area contributed by atoms with Crippen LogP contribution in [-0.4, -0.2) is 67.2 Å². The second kappa shape index (κ2) is 10.2. The standard InChI is InChI=1S/C28H28FN9O3/c29-17-3-1-16(2-4-17)21(15-39)33-23-19(25-36-26(37-41-25)28-7-10-38(11-8-28)12-9-28)13-31-27(35-23)34-22-6-5-18-20(32-22)14-30-24(18)40/h1-6,13,21,39H,7-12,14-15H2,(H,30,40)(H2,31,32,33,34,35)/t21-/m1/s1. The SMILES string of the molecule is O=C1NCc2nc(Nc3ncc(-c4nc(C56CCN(CC5)CC6)no4)c(N[C@H](CO)c4ccc(F)cc4)n3)ccc21. The summed E-state index contributed by atoms with van der Waals surface area (Å²) in [5.74, 6) is 1.49. The number of aliphatic hydroxyl groups is 1.